The Hall–Kier alpha value is -3.74. The van der Waals surface area contributed by atoms with E-state index in [9.17, 15) is 14.0 Å². The highest BCUT2D eigenvalue weighted by molar-refractivity contribution is 6.10. The minimum absolute atomic E-state index is 0.0691. The van der Waals surface area contributed by atoms with E-state index in [0.29, 0.717) is 11.3 Å². The number of halogens is 1. The molecule has 2 aromatic carbocycles. The zero-order chi connectivity index (χ0) is 20.3. The highest BCUT2D eigenvalue weighted by atomic mass is 19.1. The predicted molar refractivity (Wildman–Crippen MR) is 104 cm³/mol. The smallest absolute Gasteiger partial charge is 0.296 e. The summed E-state index contributed by atoms with van der Waals surface area (Å²) in [5.41, 5.74) is 1.63. The monoisotopic (exact) mass is 390 g/mol. The number of carbonyl (C=O) groups is 1. The normalized spacial score (nSPS) is 15.9. The van der Waals surface area contributed by atoms with E-state index >= 15 is 0 Å². The minimum atomic E-state index is -0.758. The van der Waals surface area contributed by atoms with Crippen molar-refractivity contribution < 1.29 is 18.1 Å². The van der Waals surface area contributed by atoms with Crippen molar-refractivity contribution in [2.45, 2.75) is 19.9 Å². The summed E-state index contributed by atoms with van der Waals surface area (Å²) in [4.78, 5) is 27.9. The van der Waals surface area contributed by atoms with Crippen LogP contribution in [0, 0.1) is 19.7 Å². The molecule has 5 rings (SSSR count). The number of rotatable bonds is 2. The van der Waals surface area contributed by atoms with Crippen molar-refractivity contribution in [3.63, 3.8) is 0 Å². The Morgan fingerprint density at radius 1 is 1.03 bits per heavy atom. The minimum Gasteiger partial charge on any atom is -0.450 e. The zero-order valence-corrected chi connectivity index (χ0v) is 15.6. The molecule has 1 atom stereocenters. The largest absolute Gasteiger partial charge is 0.450 e. The molecular weight excluding hydrogens is 375 g/mol. The molecule has 0 radical (unpaired) electrons. The van der Waals surface area contributed by atoms with E-state index in [1.54, 1.807) is 13.0 Å². The molecule has 0 unspecified atom stereocenters. The van der Waals surface area contributed by atoms with Crippen LogP contribution in [-0.2, 0) is 0 Å². The second-order valence-electron chi connectivity index (χ2n) is 7.10. The van der Waals surface area contributed by atoms with Crippen molar-refractivity contribution in [1.29, 1.82) is 0 Å². The third kappa shape index (κ3) is 2.58. The first-order valence-electron chi connectivity index (χ1n) is 9.04. The third-order valence-corrected chi connectivity index (χ3v) is 5.09. The Labute approximate surface area is 164 Å². The molecule has 2 aromatic heterocycles. The molecule has 7 heteroatoms. The van der Waals surface area contributed by atoms with Crippen LogP contribution in [0.1, 0.15) is 39.0 Å². The lowest BCUT2D eigenvalue weighted by molar-refractivity contribution is 0.0969. The molecule has 29 heavy (non-hydrogen) atoms. The summed E-state index contributed by atoms with van der Waals surface area (Å²) in [5, 5.41) is 4.05. The maximum absolute atomic E-state index is 13.8. The number of anilines is 1. The van der Waals surface area contributed by atoms with Crippen molar-refractivity contribution in [2.75, 3.05) is 4.90 Å². The maximum atomic E-state index is 13.8. The molecule has 0 saturated carbocycles. The number of nitrogens with zero attached hydrogens (tertiary/aromatic N) is 2. The fourth-order valence-corrected chi connectivity index (χ4v) is 3.71. The molecule has 0 saturated heterocycles. The number of hydrogen-bond donors (Lipinski definition) is 0. The molecule has 1 aliphatic heterocycles. The van der Waals surface area contributed by atoms with Crippen LogP contribution in [0.15, 0.2) is 62.3 Å². The highest BCUT2D eigenvalue weighted by Crippen LogP contribution is 2.40. The van der Waals surface area contributed by atoms with Crippen LogP contribution < -0.4 is 10.3 Å². The van der Waals surface area contributed by atoms with Gasteiger partial charge in [0.05, 0.1) is 17.0 Å². The lowest BCUT2D eigenvalue weighted by Gasteiger charge is -2.22. The van der Waals surface area contributed by atoms with E-state index in [4.69, 9.17) is 8.94 Å². The highest BCUT2D eigenvalue weighted by Gasteiger charge is 2.44. The van der Waals surface area contributed by atoms with Crippen LogP contribution in [-0.4, -0.2) is 11.1 Å². The fraction of sp³-hybridized carbons (Fsp3) is 0.136. The Bertz CT molecular complexity index is 1340. The number of fused-ring (bicyclic) bond motifs is 2. The molecule has 144 valence electrons. The summed E-state index contributed by atoms with van der Waals surface area (Å²) in [6, 6.07) is 12.0. The van der Waals surface area contributed by atoms with Gasteiger partial charge in [0, 0.05) is 6.07 Å². The van der Waals surface area contributed by atoms with Crippen molar-refractivity contribution in [1.82, 2.24) is 5.16 Å². The standard InChI is InChI=1S/C22H15FN2O4/c1-11-3-5-13(6-4-11)19-18-20(26)15-10-14(23)7-8-16(15)28-21(18)22(27)25(19)17-9-12(2)29-24-17/h3-10,19H,1-2H3/t19-/m0/s1. The van der Waals surface area contributed by atoms with E-state index in [1.807, 2.05) is 31.2 Å². The summed E-state index contributed by atoms with van der Waals surface area (Å²) < 4.78 is 24.7. The Kier molecular flexibility index (Phi) is 3.67. The summed E-state index contributed by atoms with van der Waals surface area (Å²) in [7, 11) is 0. The van der Waals surface area contributed by atoms with Gasteiger partial charge >= 0.3 is 0 Å². The Morgan fingerprint density at radius 3 is 2.48 bits per heavy atom. The molecule has 6 nitrogen and oxygen atoms in total. The molecule has 1 aliphatic rings. The molecular formula is C22H15FN2O4. The average molecular weight is 390 g/mol. The van der Waals surface area contributed by atoms with E-state index in [0.717, 1.165) is 11.6 Å². The molecule has 0 fully saturated rings. The third-order valence-electron chi connectivity index (χ3n) is 5.09. The first-order valence-corrected chi connectivity index (χ1v) is 9.04. The first-order chi connectivity index (χ1) is 13.9. The van der Waals surface area contributed by atoms with Gasteiger partial charge in [0.1, 0.15) is 17.2 Å². The number of carbonyl (C=O) groups excluding carboxylic acids is 1. The van der Waals surface area contributed by atoms with Crippen LogP contribution in [0.2, 0.25) is 0 Å². The Morgan fingerprint density at radius 2 is 1.79 bits per heavy atom. The lowest BCUT2D eigenvalue weighted by Crippen LogP contribution is -2.29. The fourth-order valence-electron chi connectivity index (χ4n) is 3.71. The molecule has 0 bridgehead atoms. The van der Waals surface area contributed by atoms with Crippen LogP contribution >= 0.6 is 0 Å². The summed E-state index contributed by atoms with van der Waals surface area (Å²) in [5.74, 6) is -0.315. The average Bonchev–Trinajstić information content (AvgIpc) is 3.25. The zero-order valence-electron chi connectivity index (χ0n) is 15.6. The predicted octanol–water partition coefficient (Wildman–Crippen LogP) is 4.29. The van der Waals surface area contributed by atoms with Crippen molar-refractivity contribution in [3.05, 3.63) is 92.8 Å². The Balaban J connectivity index is 1.83. The van der Waals surface area contributed by atoms with Gasteiger partial charge in [-0.05, 0) is 37.6 Å². The second-order valence-corrected chi connectivity index (χ2v) is 7.10. The quantitative estimate of drug-likeness (QED) is 0.510. The van der Waals surface area contributed by atoms with Crippen LogP contribution in [0.25, 0.3) is 11.0 Å². The lowest BCUT2D eigenvalue weighted by atomic mass is 9.97. The van der Waals surface area contributed by atoms with Gasteiger partial charge in [0.25, 0.3) is 5.91 Å². The van der Waals surface area contributed by atoms with Gasteiger partial charge in [-0.1, -0.05) is 35.0 Å². The number of hydrogen-bond acceptors (Lipinski definition) is 5. The van der Waals surface area contributed by atoms with Crippen LogP contribution in [0.3, 0.4) is 0 Å². The molecule has 4 aromatic rings. The number of amides is 1. The molecule has 3 heterocycles. The molecule has 1 amide bonds. The van der Waals surface area contributed by atoms with Gasteiger partial charge in [-0.15, -0.1) is 0 Å². The number of benzene rings is 2. The van der Waals surface area contributed by atoms with Gasteiger partial charge in [-0.3, -0.25) is 14.5 Å². The van der Waals surface area contributed by atoms with Gasteiger partial charge in [0.2, 0.25) is 5.76 Å². The van der Waals surface area contributed by atoms with Crippen molar-refractivity contribution in [2.24, 2.45) is 0 Å². The van der Waals surface area contributed by atoms with Crippen LogP contribution in [0.5, 0.6) is 0 Å². The summed E-state index contributed by atoms with van der Waals surface area (Å²) in [6.07, 6.45) is 0. The van der Waals surface area contributed by atoms with Crippen molar-refractivity contribution in [3.8, 4) is 0 Å². The number of aromatic nitrogens is 1. The van der Waals surface area contributed by atoms with Gasteiger partial charge in [-0.2, -0.15) is 0 Å². The topological polar surface area (TPSA) is 76.6 Å². The van der Waals surface area contributed by atoms with E-state index in [2.05, 4.69) is 5.16 Å². The van der Waals surface area contributed by atoms with E-state index < -0.39 is 23.2 Å². The SMILES string of the molecule is Cc1ccc([C@H]2c3c(oc4ccc(F)cc4c3=O)C(=O)N2c2cc(C)on2)cc1. The summed E-state index contributed by atoms with van der Waals surface area (Å²) >= 11 is 0. The maximum Gasteiger partial charge on any atom is 0.296 e. The van der Waals surface area contributed by atoms with Gasteiger partial charge < -0.3 is 8.94 Å². The molecule has 0 N–H and O–H groups in total. The van der Waals surface area contributed by atoms with Gasteiger partial charge in [0.15, 0.2) is 11.2 Å². The molecule has 0 spiro atoms. The molecule has 0 aliphatic carbocycles. The van der Waals surface area contributed by atoms with Gasteiger partial charge in [-0.25, -0.2) is 4.39 Å². The van der Waals surface area contributed by atoms with Crippen LogP contribution in [0.4, 0.5) is 10.2 Å². The first kappa shape index (κ1) is 17.4. The van der Waals surface area contributed by atoms with Crippen molar-refractivity contribution >= 4 is 22.7 Å². The summed E-state index contributed by atoms with van der Waals surface area (Å²) in [6.45, 7) is 3.66. The van der Waals surface area contributed by atoms with E-state index in [1.165, 1.54) is 17.0 Å². The van der Waals surface area contributed by atoms with E-state index in [-0.39, 0.29) is 28.1 Å². The second kappa shape index (κ2) is 6.13. The number of aryl methyl sites for hydroxylation is 2.